The predicted octanol–water partition coefficient (Wildman–Crippen LogP) is 2.99. The van der Waals surface area contributed by atoms with E-state index >= 15 is 0 Å². The summed E-state index contributed by atoms with van der Waals surface area (Å²) in [6.45, 7) is 5.58. The van der Waals surface area contributed by atoms with Gasteiger partial charge in [-0.2, -0.15) is 13.2 Å². The highest BCUT2D eigenvalue weighted by Crippen LogP contribution is 2.42. The van der Waals surface area contributed by atoms with Crippen molar-refractivity contribution in [2.45, 2.75) is 33.3 Å². The molecule has 88 valence electrons. The second kappa shape index (κ2) is 4.20. The molecule has 0 N–H and O–H groups in total. The van der Waals surface area contributed by atoms with Gasteiger partial charge in [0.25, 0.3) is 6.36 Å². The first-order valence-electron chi connectivity index (χ1n) is 4.07. The molecule has 0 aromatic heterocycles. The Bertz CT molecular complexity index is 268. The van der Waals surface area contributed by atoms with Gasteiger partial charge >= 0.3 is 12.1 Å². The number of esters is 1. The van der Waals surface area contributed by atoms with E-state index in [1.54, 1.807) is 0 Å². The second-order valence-electron chi connectivity index (χ2n) is 3.72. The second-order valence-corrected chi connectivity index (χ2v) is 3.72. The minimum atomic E-state index is -4.79. The number of rotatable bonds is 3. The third kappa shape index (κ3) is 3.21. The lowest BCUT2D eigenvalue weighted by molar-refractivity contribution is -0.267. The van der Waals surface area contributed by atoms with Gasteiger partial charge in [0.05, 0.1) is 0 Å². The number of alkyl halides is 4. The number of hydrogen-bond acceptors (Lipinski definition) is 2. The number of carbonyl (C=O) groups is 1. The largest absolute Gasteiger partial charge is 0.427 e. The summed E-state index contributed by atoms with van der Waals surface area (Å²) in [6, 6.07) is 0. The molecular weight excluding hydrogens is 216 g/mol. The fourth-order valence-corrected chi connectivity index (χ4v) is 0.471. The van der Waals surface area contributed by atoms with Crippen LogP contribution in [0.25, 0.3) is 0 Å². The molecule has 15 heavy (non-hydrogen) atoms. The normalized spacial score (nSPS) is 14.6. The molecule has 0 radical (unpaired) electrons. The summed E-state index contributed by atoms with van der Waals surface area (Å²) in [5.41, 5.74) is -2.89. The molecule has 1 atom stereocenters. The first-order chi connectivity index (χ1) is 6.50. The third-order valence-corrected chi connectivity index (χ3v) is 1.86. The molecule has 6 heteroatoms. The van der Waals surface area contributed by atoms with Gasteiger partial charge in [-0.3, -0.25) is 0 Å². The molecule has 0 aromatic rings. The van der Waals surface area contributed by atoms with Gasteiger partial charge in [-0.1, -0.05) is 6.58 Å². The highest BCUT2D eigenvalue weighted by Gasteiger charge is 2.55. The molecule has 0 rings (SSSR count). The fourth-order valence-electron chi connectivity index (χ4n) is 0.471. The molecule has 0 bridgehead atoms. The van der Waals surface area contributed by atoms with Gasteiger partial charge in [-0.15, -0.1) is 0 Å². The number of hydrogen-bond donors (Lipinski definition) is 0. The van der Waals surface area contributed by atoms with Crippen molar-refractivity contribution in [3.05, 3.63) is 12.2 Å². The molecule has 0 spiro atoms. The maximum absolute atomic E-state index is 13.1. The van der Waals surface area contributed by atoms with Crippen LogP contribution < -0.4 is 0 Å². The molecule has 1 unspecified atom stereocenters. The van der Waals surface area contributed by atoms with Crippen LogP contribution in [0.3, 0.4) is 0 Å². The number of carbonyl (C=O) groups excluding carboxylic acids is 1. The van der Waals surface area contributed by atoms with E-state index in [4.69, 9.17) is 0 Å². The van der Waals surface area contributed by atoms with E-state index in [0.29, 0.717) is 13.8 Å². The topological polar surface area (TPSA) is 26.3 Å². The van der Waals surface area contributed by atoms with Crippen LogP contribution in [0.15, 0.2) is 12.2 Å². The lowest BCUT2D eigenvalue weighted by Gasteiger charge is -2.30. The molecule has 0 aliphatic heterocycles. The van der Waals surface area contributed by atoms with Gasteiger partial charge in [0.2, 0.25) is 0 Å². The smallest absolute Gasteiger partial charge is 0.400 e. The molecule has 2 nitrogen and oxygen atoms in total. The van der Waals surface area contributed by atoms with Crippen LogP contribution in [0.5, 0.6) is 0 Å². The summed E-state index contributed by atoms with van der Waals surface area (Å²) in [4.78, 5) is 10.8. The van der Waals surface area contributed by atoms with Crippen molar-refractivity contribution in [3.63, 3.8) is 0 Å². The average molecular weight is 228 g/mol. The molecule has 0 aliphatic carbocycles. The average Bonchev–Trinajstić information content (AvgIpc) is 2.01. The van der Waals surface area contributed by atoms with Crippen LogP contribution in [0, 0.1) is 5.41 Å². The molecule has 0 aliphatic rings. The number of ether oxygens (including phenoxy) is 1. The fraction of sp³-hybridized carbons (Fsp3) is 0.667. The molecule has 0 fully saturated rings. The minimum absolute atomic E-state index is 0.157. The van der Waals surface area contributed by atoms with E-state index in [0.717, 1.165) is 0 Å². The summed E-state index contributed by atoms with van der Waals surface area (Å²) >= 11 is 0. The lowest BCUT2D eigenvalue weighted by Crippen LogP contribution is -2.42. The Morgan fingerprint density at radius 2 is 1.73 bits per heavy atom. The highest BCUT2D eigenvalue weighted by molar-refractivity contribution is 5.87. The molecule has 0 saturated heterocycles. The first kappa shape index (κ1) is 13.9. The van der Waals surface area contributed by atoms with Crippen molar-refractivity contribution in [2.24, 2.45) is 5.41 Å². The van der Waals surface area contributed by atoms with Crippen molar-refractivity contribution in [1.82, 2.24) is 0 Å². The third-order valence-electron chi connectivity index (χ3n) is 1.86. The first-order valence-corrected chi connectivity index (χ1v) is 4.07. The summed E-state index contributed by atoms with van der Waals surface area (Å²) in [5.74, 6) is -1.18. The van der Waals surface area contributed by atoms with Crippen LogP contribution >= 0.6 is 0 Å². The van der Waals surface area contributed by atoms with Gasteiger partial charge in [-0.25, -0.2) is 9.18 Å². The van der Waals surface area contributed by atoms with Crippen molar-refractivity contribution in [2.75, 3.05) is 0 Å². The van der Waals surface area contributed by atoms with Crippen LogP contribution in [-0.4, -0.2) is 18.5 Å². The van der Waals surface area contributed by atoms with Crippen molar-refractivity contribution >= 4 is 5.97 Å². The Morgan fingerprint density at radius 1 is 1.33 bits per heavy atom. The number of halogens is 4. The van der Waals surface area contributed by atoms with E-state index in [1.165, 1.54) is 6.92 Å². The Kier molecular flexibility index (Phi) is 3.90. The zero-order chi connectivity index (χ0) is 12.4. The monoisotopic (exact) mass is 228 g/mol. The van der Waals surface area contributed by atoms with Gasteiger partial charge in [-0.05, 0) is 20.8 Å². The van der Waals surface area contributed by atoms with Gasteiger partial charge in [0, 0.05) is 5.57 Å². The van der Waals surface area contributed by atoms with Crippen LogP contribution in [0.4, 0.5) is 17.6 Å². The summed E-state index contributed by atoms with van der Waals surface area (Å²) in [6.07, 6.45) is -7.54. The van der Waals surface area contributed by atoms with E-state index in [9.17, 15) is 22.4 Å². The maximum atomic E-state index is 13.1. The summed E-state index contributed by atoms with van der Waals surface area (Å²) in [7, 11) is 0. The molecule has 0 saturated carbocycles. The highest BCUT2D eigenvalue weighted by atomic mass is 19.4. The van der Waals surface area contributed by atoms with Gasteiger partial charge in [0.15, 0.2) is 0 Å². The van der Waals surface area contributed by atoms with Crippen LogP contribution in [-0.2, 0) is 9.53 Å². The SMILES string of the molecule is C=C(C)C(=O)OC(F)C(C)(C)C(F)(F)F. The zero-order valence-electron chi connectivity index (χ0n) is 8.61. The molecular formula is C9H12F4O2. The predicted molar refractivity (Wildman–Crippen MR) is 45.6 cm³/mol. The van der Waals surface area contributed by atoms with E-state index in [2.05, 4.69) is 11.3 Å². The van der Waals surface area contributed by atoms with Crippen molar-refractivity contribution in [1.29, 1.82) is 0 Å². The zero-order valence-corrected chi connectivity index (χ0v) is 8.61. The Labute approximate surface area is 84.9 Å². The Morgan fingerprint density at radius 3 is 2.00 bits per heavy atom. The Balaban J connectivity index is 4.66. The summed E-state index contributed by atoms with van der Waals surface area (Å²) < 4.78 is 53.9. The minimum Gasteiger partial charge on any atom is -0.427 e. The Hall–Kier alpha value is -1.07. The van der Waals surface area contributed by atoms with Gasteiger partial charge < -0.3 is 4.74 Å². The van der Waals surface area contributed by atoms with Gasteiger partial charge in [0.1, 0.15) is 5.41 Å². The quantitative estimate of drug-likeness (QED) is 0.421. The summed E-state index contributed by atoms with van der Waals surface area (Å²) in [5, 5.41) is 0. The van der Waals surface area contributed by atoms with Crippen LogP contribution in [0.2, 0.25) is 0 Å². The van der Waals surface area contributed by atoms with Crippen LogP contribution in [0.1, 0.15) is 20.8 Å². The van der Waals surface area contributed by atoms with E-state index in [1.807, 2.05) is 0 Å². The standard InChI is InChI=1S/C9H12F4O2/c1-5(2)6(14)15-7(10)8(3,4)9(11,12)13/h7H,1H2,2-4H3. The van der Waals surface area contributed by atoms with E-state index in [-0.39, 0.29) is 5.57 Å². The lowest BCUT2D eigenvalue weighted by atomic mass is 9.93. The maximum Gasteiger partial charge on any atom is 0.400 e. The van der Waals surface area contributed by atoms with Crippen molar-refractivity contribution in [3.8, 4) is 0 Å². The molecule has 0 aromatic carbocycles. The van der Waals surface area contributed by atoms with E-state index < -0.39 is 23.9 Å². The van der Waals surface area contributed by atoms with Crippen molar-refractivity contribution < 1.29 is 27.1 Å². The molecule has 0 heterocycles. The molecule has 0 amide bonds.